The van der Waals surface area contributed by atoms with Gasteiger partial charge in [0.1, 0.15) is 13.2 Å². The van der Waals surface area contributed by atoms with Crippen molar-refractivity contribution in [3.8, 4) is 0 Å². The predicted octanol–water partition coefficient (Wildman–Crippen LogP) is 22.3. The van der Waals surface area contributed by atoms with Gasteiger partial charge in [-0.2, -0.15) is 0 Å². The average molecular weight is 1050 g/mol. The number of hydrogen-bond acceptors (Lipinski definition) is 6. The molecule has 0 fully saturated rings. The fourth-order valence-corrected chi connectivity index (χ4v) is 9.61. The minimum atomic E-state index is -0.785. The van der Waals surface area contributed by atoms with Gasteiger partial charge in [0.2, 0.25) is 0 Å². The minimum Gasteiger partial charge on any atom is -0.462 e. The summed E-state index contributed by atoms with van der Waals surface area (Å²) in [5.74, 6) is -0.886. The standard InChI is InChI=1S/C69H124O6/c1-4-7-10-13-16-19-22-25-28-31-33-34-36-38-41-44-47-50-53-56-59-62-68(71)74-65-66(64-73-67(70)61-58-55-52-49-46-43-40-37-30-27-24-21-18-15-12-9-6-3)75-69(72)63-60-57-54-51-48-45-42-39-35-32-29-26-23-20-17-14-11-8-5-2/h9,12,18,21,26-27,29-30,40,43,66H,4-8,10-11,13-17,19-20,22-25,28,31-39,41-42,44-65H2,1-3H3/b12-9-,21-18-,29-26-,30-27-,43-40-/t66-/m1/s1. The van der Waals surface area contributed by atoms with E-state index in [2.05, 4.69) is 81.5 Å². The Hall–Kier alpha value is -2.89. The highest BCUT2D eigenvalue weighted by Crippen LogP contribution is 2.17. The zero-order chi connectivity index (χ0) is 54.3. The van der Waals surface area contributed by atoms with Crippen molar-refractivity contribution in [2.24, 2.45) is 0 Å². The third-order valence-electron chi connectivity index (χ3n) is 14.5. The summed E-state index contributed by atoms with van der Waals surface area (Å²) in [6.45, 7) is 6.56. The normalized spacial score (nSPS) is 12.4. The highest BCUT2D eigenvalue weighted by atomic mass is 16.6. The summed E-state index contributed by atoms with van der Waals surface area (Å²) in [4.78, 5) is 38.4. The van der Waals surface area contributed by atoms with E-state index in [4.69, 9.17) is 14.2 Å². The molecule has 0 aliphatic rings. The molecule has 0 heterocycles. The Bertz CT molecular complexity index is 1340. The van der Waals surface area contributed by atoms with Crippen LogP contribution in [-0.4, -0.2) is 37.2 Å². The quantitative estimate of drug-likeness (QED) is 0.0261. The van der Waals surface area contributed by atoms with E-state index in [1.54, 1.807) is 0 Å². The molecule has 0 aromatic heterocycles. The molecule has 0 unspecified atom stereocenters. The zero-order valence-electron chi connectivity index (χ0n) is 50.1. The topological polar surface area (TPSA) is 78.9 Å². The van der Waals surface area contributed by atoms with Crippen LogP contribution in [0.5, 0.6) is 0 Å². The second-order valence-corrected chi connectivity index (χ2v) is 22.0. The van der Waals surface area contributed by atoms with Crippen LogP contribution >= 0.6 is 0 Å². The summed E-state index contributed by atoms with van der Waals surface area (Å²) in [5.41, 5.74) is 0. The maximum atomic E-state index is 12.9. The van der Waals surface area contributed by atoms with Crippen LogP contribution in [0, 0.1) is 0 Å². The van der Waals surface area contributed by atoms with Gasteiger partial charge in [-0.25, -0.2) is 0 Å². The molecule has 0 aliphatic heterocycles. The molecule has 0 saturated heterocycles. The van der Waals surface area contributed by atoms with Gasteiger partial charge >= 0.3 is 17.9 Å². The van der Waals surface area contributed by atoms with Crippen LogP contribution in [0.15, 0.2) is 60.8 Å². The summed E-state index contributed by atoms with van der Waals surface area (Å²) in [5, 5.41) is 0. The maximum Gasteiger partial charge on any atom is 0.306 e. The Labute approximate surface area is 466 Å². The predicted molar refractivity (Wildman–Crippen MR) is 325 cm³/mol. The zero-order valence-corrected chi connectivity index (χ0v) is 50.1. The molecular formula is C69H124O6. The number of carbonyl (C=O) groups is 3. The SMILES string of the molecule is CC/C=C\C/C=C\C/C=C\C/C=C\CCCCCCC(=O)OC[C@H](COC(=O)CCCCCCCCCCCCCCCCCCCCCCC)OC(=O)CCCCCCCCCCC/C=C\CCCCCCCC. The number of carbonyl (C=O) groups excluding carboxylic acids is 3. The Kier molecular flexibility index (Phi) is 61.2. The van der Waals surface area contributed by atoms with Gasteiger partial charge in [0.05, 0.1) is 0 Å². The van der Waals surface area contributed by atoms with E-state index in [0.29, 0.717) is 19.3 Å². The number of ether oxygens (including phenoxy) is 3. The van der Waals surface area contributed by atoms with E-state index in [-0.39, 0.29) is 31.1 Å². The molecular weight excluding hydrogens is 925 g/mol. The third kappa shape index (κ3) is 61.8. The lowest BCUT2D eigenvalue weighted by molar-refractivity contribution is -0.167. The van der Waals surface area contributed by atoms with Gasteiger partial charge < -0.3 is 14.2 Å². The molecule has 436 valence electrons. The van der Waals surface area contributed by atoms with Gasteiger partial charge in [0, 0.05) is 19.3 Å². The molecule has 1 atom stereocenters. The number of unbranched alkanes of at least 4 members (excludes halogenated alkanes) is 39. The Morgan fingerprint density at radius 1 is 0.280 bits per heavy atom. The van der Waals surface area contributed by atoms with Gasteiger partial charge in [-0.05, 0) is 83.5 Å². The van der Waals surface area contributed by atoms with E-state index in [9.17, 15) is 14.4 Å². The molecule has 0 bridgehead atoms. The van der Waals surface area contributed by atoms with Crippen LogP contribution in [0.1, 0.15) is 342 Å². The summed E-state index contributed by atoms with van der Waals surface area (Å²) in [6.07, 6.45) is 80.9. The largest absolute Gasteiger partial charge is 0.462 e. The molecule has 6 nitrogen and oxygen atoms in total. The fourth-order valence-electron chi connectivity index (χ4n) is 9.61. The van der Waals surface area contributed by atoms with Crippen molar-refractivity contribution in [2.75, 3.05) is 13.2 Å². The highest BCUT2D eigenvalue weighted by Gasteiger charge is 2.19. The third-order valence-corrected chi connectivity index (χ3v) is 14.5. The molecule has 0 amide bonds. The van der Waals surface area contributed by atoms with Gasteiger partial charge in [0.15, 0.2) is 6.10 Å². The highest BCUT2D eigenvalue weighted by molar-refractivity contribution is 5.71. The molecule has 0 aliphatic carbocycles. The van der Waals surface area contributed by atoms with Gasteiger partial charge in [-0.3, -0.25) is 14.4 Å². The Balaban J connectivity index is 4.36. The molecule has 75 heavy (non-hydrogen) atoms. The van der Waals surface area contributed by atoms with E-state index in [0.717, 1.165) is 96.3 Å². The van der Waals surface area contributed by atoms with E-state index in [1.807, 2.05) is 0 Å². The second-order valence-electron chi connectivity index (χ2n) is 22.0. The number of hydrogen-bond donors (Lipinski definition) is 0. The monoisotopic (exact) mass is 1050 g/mol. The molecule has 0 aromatic carbocycles. The van der Waals surface area contributed by atoms with Crippen molar-refractivity contribution in [1.82, 2.24) is 0 Å². The Morgan fingerprint density at radius 2 is 0.520 bits per heavy atom. The molecule has 0 spiro atoms. The van der Waals surface area contributed by atoms with Crippen LogP contribution in [0.4, 0.5) is 0 Å². The summed E-state index contributed by atoms with van der Waals surface area (Å²) >= 11 is 0. The molecule has 0 N–H and O–H groups in total. The summed E-state index contributed by atoms with van der Waals surface area (Å²) < 4.78 is 16.9. The first kappa shape index (κ1) is 72.1. The van der Waals surface area contributed by atoms with Crippen molar-refractivity contribution in [2.45, 2.75) is 348 Å². The number of rotatable bonds is 60. The van der Waals surface area contributed by atoms with Gasteiger partial charge in [-0.1, -0.05) is 300 Å². The van der Waals surface area contributed by atoms with Crippen LogP contribution in [0.25, 0.3) is 0 Å². The molecule has 0 radical (unpaired) electrons. The van der Waals surface area contributed by atoms with Crippen LogP contribution in [0.2, 0.25) is 0 Å². The lowest BCUT2D eigenvalue weighted by Crippen LogP contribution is -2.30. The van der Waals surface area contributed by atoms with Crippen molar-refractivity contribution in [1.29, 1.82) is 0 Å². The van der Waals surface area contributed by atoms with Crippen LogP contribution in [0.3, 0.4) is 0 Å². The van der Waals surface area contributed by atoms with Crippen molar-refractivity contribution in [3.05, 3.63) is 60.8 Å². The maximum absolute atomic E-state index is 12.9. The summed E-state index contributed by atoms with van der Waals surface area (Å²) in [6, 6.07) is 0. The lowest BCUT2D eigenvalue weighted by atomic mass is 10.0. The first-order chi connectivity index (χ1) is 37.0. The van der Waals surface area contributed by atoms with E-state index in [1.165, 1.54) is 205 Å². The van der Waals surface area contributed by atoms with Gasteiger partial charge in [-0.15, -0.1) is 0 Å². The molecule has 6 heteroatoms. The van der Waals surface area contributed by atoms with Crippen molar-refractivity contribution >= 4 is 17.9 Å². The summed E-state index contributed by atoms with van der Waals surface area (Å²) in [7, 11) is 0. The number of allylic oxidation sites excluding steroid dienone is 10. The van der Waals surface area contributed by atoms with Gasteiger partial charge in [0.25, 0.3) is 0 Å². The smallest absolute Gasteiger partial charge is 0.306 e. The number of esters is 3. The van der Waals surface area contributed by atoms with Crippen LogP contribution in [-0.2, 0) is 28.6 Å². The lowest BCUT2D eigenvalue weighted by Gasteiger charge is -2.18. The molecule has 0 saturated carbocycles. The first-order valence-corrected chi connectivity index (χ1v) is 32.8. The molecule has 0 aromatic rings. The van der Waals surface area contributed by atoms with Crippen LogP contribution < -0.4 is 0 Å². The van der Waals surface area contributed by atoms with E-state index >= 15 is 0 Å². The average Bonchev–Trinajstić information content (AvgIpc) is 3.41. The first-order valence-electron chi connectivity index (χ1n) is 32.8. The minimum absolute atomic E-state index is 0.0795. The van der Waals surface area contributed by atoms with E-state index < -0.39 is 6.10 Å². The van der Waals surface area contributed by atoms with Crippen molar-refractivity contribution in [3.63, 3.8) is 0 Å². The Morgan fingerprint density at radius 3 is 0.827 bits per heavy atom. The molecule has 0 rings (SSSR count). The second kappa shape index (κ2) is 63.6. The van der Waals surface area contributed by atoms with Crippen molar-refractivity contribution < 1.29 is 28.6 Å². The fraction of sp³-hybridized carbons (Fsp3) is 0.812.